The fourth-order valence-corrected chi connectivity index (χ4v) is 5.51. The molecule has 3 atom stereocenters. The Kier molecular flexibility index (Phi) is 6.59. The number of hydrogen-bond donors (Lipinski definition) is 1. The molecule has 1 N–H and O–H groups in total. The van der Waals surface area contributed by atoms with Gasteiger partial charge in [-0.1, -0.05) is 0 Å². The van der Waals surface area contributed by atoms with Gasteiger partial charge in [-0.15, -0.1) is 11.3 Å². The largest absolute Gasteiger partial charge is 0.484 e. The fourth-order valence-electron chi connectivity index (χ4n) is 4.55. The third kappa shape index (κ3) is 5.07. The van der Waals surface area contributed by atoms with E-state index in [1.54, 1.807) is 23.1 Å². The smallest absolute Gasteiger partial charge is 0.418 e. The third-order valence-corrected chi connectivity index (χ3v) is 7.09. The maximum Gasteiger partial charge on any atom is 0.418 e. The molecule has 38 heavy (non-hydrogen) atoms. The first-order chi connectivity index (χ1) is 17.9. The van der Waals surface area contributed by atoms with Gasteiger partial charge in [0.25, 0.3) is 11.5 Å². The van der Waals surface area contributed by atoms with Crippen molar-refractivity contribution < 1.29 is 27.4 Å². The summed E-state index contributed by atoms with van der Waals surface area (Å²) < 4.78 is 53.9. The molecule has 0 aliphatic carbocycles. The monoisotopic (exact) mass is 547 g/mol. The number of rotatable bonds is 4. The van der Waals surface area contributed by atoms with E-state index in [4.69, 9.17) is 9.47 Å². The number of nitrogens with one attached hydrogen (secondary N) is 1. The average Bonchev–Trinajstić information content (AvgIpc) is 3.25. The molecule has 200 valence electrons. The Morgan fingerprint density at radius 1 is 1.16 bits per heavy atom. The summed E-state index contributed by atoms with van der Waals surface area (Å²) in [5.41, 5.74) is -1.89. The molecule has 0 saturated carbocycles. The lowest BCUT2D eigenvalue weighted by atomic mass is 10.1. The summed E-state index contributed by atoms with van der Waals surface area (Å²) in [7, 11) is 0. The standard InChI is InChI=1S/C25H24F3N5O4S/c1-11-9-33(10-12(2)36-11)24(35)23-31-17-6-5-15(7-19(17)38-23)37-13(3)20-16(25(26,27)28)8-18-21(32-20)22(34)30-14(4)29-18/h5-8,11-13H,9-10H2,1-4H3,(H,29,30,34). The van der Waals surface area contributed by atoms with E-state index in [1.807, 2.05) is 13.8 Å². The Balaban J connectivity index is 1.44. The fraction of sp³-hybridized carbons (Fsp3) is 0.400. The molecule has 1 saturated heterocycles. The summed E-state index contributed by atoms with van der Waals surface area (Å²) in [6.07, 6.45) is -6.06. The molecule has 0 spiro atoms. The van der Waals surface area contributed by atoms with E-state index in [2.05, 4.69) is 19.9 Å². The Morgan fingerprint density at radius 2 is 1.87 bits per heavy atom. The van der Waals surface area contributed by atoms with Crippen molar-refractivity contribution >= 4 is 38.5 Å². The maximum absolute atomic E-state index is 13.9. The van der Waals surface area contributed by atoms with Crippen molar-refractivity contribution in [2.45, 2.75) is 52.2 Å². The van der Waals surface area contributed by atoms with Gasteiger partial charge in [0, 0.05) is 13.1 Å². The summed E-state index contributed by atoms with van der Waals surface area (Å²) in [5, 5.41) is 0.309. The van der Waals surface area contributed by atoms with Gasteiger partial charge < -0.3 is 19.4 Å². The number of pyridine rings is 1. The van der Waals surface area contributed by atoms with Crippen LogP contribution in [0.15, 0.2) is 29.1 Å². The summed E-state index contributed by atoms with van der Waals surface area (Å²) >= 11 is 1.18. The molecule has 1 fully saturated rings. The lowest BCUT2D eigenvalue weighted by Crippen LogP contribution is -2.48. The highest BCUT2D eigenvalue weighted by molar-refractivity contribution is 7.20. The molecule has 4 aromatic rings. The zero-order valence-corrected chi connectivity index (χ0v) is 21.7. The molecule has 0 bridgehead atoms. The molecule has 1 aliphatic rings. The van der Waals surface area contributed by atoms with Crippen LogP contribution in [0.3, 0.4) is 0 Å². The number of halogens is 3. The second-order valence-corrected chi connectivity index (χ2v) is 10.3. The van der Waals surface area contributed by atoms with Gasteiger partial charge in [-0.05, 0) is 52.0 Å². The van der Waals surface area contributed by atoms with E-state index in [0.717, 1.165) is 6.07 Å². The minimum atomic E-state index is -4.74. The van der Waals surface area contributed by atoms with E-state index in [1.165, 1.54) is 25.2 Å². The maximum atomic E-state index is 13.9. The summed E-state index contributed by atoms with van der Waals surface area (Å²) in [5.74, 6) is 0.253. The highest BCUT2D eigenvalue weighted by atomic mass is 32.1. The van der Waals surface area contributed by atoms with Crippen molar-refractivity contribution in [3.63, 3.8) is 0 Å². The number of alkyl halides is 3. The Morgan fingerprint density at radius 3 is 2.55 bits per heavy atom. The molecular formula is C25H24F3N5O4S. The number of nitrogens with zero attached hydrogens (tertiary/aromatic N) is 4. The predicted molar refractivity (Wildman–Crippen MR) is 134 cm³/mol. The molecule has 3 aromatic heterocycles. The molecular weight excluding hydrogens is 523 g/mol. The zero-order valence-electron chi connectivity index (χ0n) is 20.9. The number of aromatic amines is 1. The molecule has 1 amide bonds. The van der Waals surface area contributed by atoms with Crippen LogP contribution in [0.5, 0.6) is 5.75 Å². The van der Waals surface area contributed by atoms with Crippen LogP contribution in [0.1, 0.15) is 53.8 Å². The number of thiazole rings is 1. The normalized spacial score (nSPS) is 19.2. The molecule has 4 heterocycles. The third-order valence-electron chi connectivity index (χ3n) is 6.08. The van der Waals surface area contributed by atoms with Crippen LogP contribution in [0.4, 0.5) is 13.2 Å². The number of morpholine rings is 1. The van der Waals surface area contributed by atoms with E-state index in [0.29, 0.717) is 28.3 Å². The zero-order chi connectivity index (χ0) is 27.4. The van der Waals surface area contributed by atoms with Crippen LogP contribution in [-0.4, -0.2) is 56.0 Å². The number of H-pyrrole nitrogens is 1. The van der Waals surface area contributed by atoms with Crippen molar-refractivity contribution in [3.8, 4) is 5.75 Å². The molecule has 9 nitrogen and oxygen atoms in total. The van der Waals surface area contributed by atoms with Crippen molar-refractivity contribution in [2.24, 2.45) is 0 Å². The highest BCUT2D eigenvalue weighted by Gasteiger charge is 2.37. The minimum absolute atomic E-state index is 0.0840. The van der Waals surface area contributed by atoms with Gasteiger partial charge >= 0.3 is 6.18 Å². The number of aromatic nitrogens is 4. The van der Waals surface area contributed by atoms with Gasteiger partial charge in [0.15, 0.2) is 10.5 Å². The van der Waals surface area contributed by atoms with Crippen LogP contribution in [0, 0.1) is 6.92 Å². The number of benzene rings is 1. The van der Waals surface area contributed by atoms with Gasteiger partial charge in [-0.2, -0.15) is 13.2 Å². The predicted octanol–water partition coefficient (Wildman–Crippen LogP) is 4.64. The van der Waals surface area contributed by atoms with Crippen LogP contribution in [-0.2, 0) is 10.9 Å². The van der Waals surface area contributed by atoms with E-state index in [-0.39, 0.29) is 40.7 Å². The van der Waals surface area contributed by atoms with Gasteiger partial charge in [0.05, 0.1) is 39.2 Å². The molecule has 1 aromatic carbocycles. The van der Waals surface area contributed by atoms with Crippen LogP contribution < -0.4 is 10.3 Å². The minimum Gasteiger partial charge on any atom is -0.484 e. The second kappa shape index (κ2) is 9.62. The lowest BCUT2D eigenvalue weighted by Gasteiger charge is -2.34. The molecule has 0 radical (unpaired) electrons. The van der Waals surface area contributed by atoms with E-state index < -0.39 is 29.1 Å². The number of hydrogen-bond acceptors (Lipinski definition) is 8. The Hall–Kier alpha value is -3.58. The van der Waals surface area contributed by atoms with E-state index >= 15 is 0 Å². The summed E-state index contributed by atoms with van der Waals surface area (Å²) in [6.45, 7) is 7.63. The first kappa shape index (κ1) is 26.0. The lowest BCUT2D eigenvalue weighted by molar-refractivity contribution is -0.139. The molecule has 3 unspecified atom stereocenters. The summed E-state index contributed by atoms with van der Waals surface area (Å²) in [6, 6.07) is 5.65. The van der Waals surface area contributed by atoms with E-state index in [9.17, 15) is 22.8 Å². The highest BCUT2D eigenvalue weighted by Crippen LogP contribution is 2.37. The SMILES string of the molecule is Cc1nc2cc(C(F)(F)F)c(C(C)Oc3ccc4nc(C(=O)N5CC(C)OC(C)C5)sc4c3)nc2c(=O)[nH]1. The number of carbonyl (C=O) groups is 1. The number of ether oxygens (including phenoxy) is 2. The van der Waals surface area contributed by atoms with Crippen LogP contribution >= 0.6 is 11.3 Å². The van der Waals surface area contributed by atoms with Crippen molar-refractivity contribution in [1.82, 2.24) is 24.8 Å². The first-order valence-electron chi connectivity index (χ1n) is 11.9. The number of aryl methyl sites for hydroxylation is 1. The first-order valence-corrected chi connectivity index (χ1v) is 12.7. The molecule has 1 aliphatic heterocycles. The topological polar surface area (TPSA) is 110 Å². The Bertz CT molecular complexity index is 1590. The van der Waals surface area contributed by atoms with Crippen molar-refractivity contribution in [2.75, 3.05) is 13.1 Å². The van der Waals surface area contributed by atoms with Crippen molar-refractivity contribution in [1.29, 1.82) is 0 Å². The van der Waals surface area contributed by atoms with Crippen molar-refractivity contribution in [3.05, 3.63) is 56.7 Å². The van der Waals surface area contributed by atoms with Gasteiger partial charge in [0.1, 0.15) is 17.7 Å². The number of carbonyl (C=O) groups excluding carboxylic acids is 1. The quantitative estimate of drug-likeness (QED) is 0.396. The second-order valence-electron chi connectivity index (χ2n) is 9.31. The number of fused-ring (bicyclic) bond motifs is 2. The Labute approximate surface area is 218 Å². The van der Waals surface area contributed by atoms with Gasteiger partial charge in [-0.3, -0.25) is 9.59 Å². The van der Waals surface area contributed by atoms with Gasteiger partial charge in [-0.25, -0.2) is 15.0 Å². The van der Waals surface area contributed by atoms with Gasteiger partial charge in [0.2, 0.25) is 0 Å². The van der Waals surface area contributed by atoms with Crippen LogP contribution in [0.25, 0.3) is 21.3 Å². The molecule has 13 heteroatoms. The summed E-state index contributed by atoms with van der Waals surface area (Å²) in [4.78, 5) is 42.0. The molecule has 5 rings (SSSR count). The number of amides is 1. The van der Waals surface area contributed by atoms with Crippen LogP contribution in [0.2, 0.25) is 0 Å². The average molecular weight is 548 g/mol.